The zero-order valence-corrected chi connectivity index (χ0v) is 20.3. The van der Waals surface area contributed by atoms with Crippen LogP contribution in [0.5, 0.6) is 11.5 Å². The van der Waals surface area contributed by atoms with Crippen LogP contribution in [0.2, 0.25) is 0 Å². The van der Waals surface area contributed by atoms with E-state index in [2.05, 4.69) is 15.1 Å². The van der Waals surface area contributed by atoms with E-state index in [-0.39, 0.29) is 12.5 Å². The zero-order chi connectivity index (χ0) is 23.0. The van der Waals surface area contributed by atoms with Crippen molar-refractivity contribution >= 4 is 17.7 Å². The van der Waals surface area contributed by atoms with E-state index in [1.165, 1.54) is 55.0 Å². The van der Waals surface area contributed by atoms with Gasteiger partial charge in [-0.15, -0.1) is 10.2 Å². The van der Waals surface area contributed by atoms with E-state index in [9.17, 15) is 4.79 Å². The molecule has 33 heavy (non-hydrogen) atoms. The number of amides is 1. The molecule has 0 saturated heterocycles. The standard InChI is InChI=1S/C24H35N5O3S/c1-31-20-13-8-14-21(15-20)32-16-22-26-27-24(29(22)25)33-17-23(30)28(18-9-4-2-5-10-18)19-11-6-3-7-12-19/h8,13-15,18-19H,2-7,9-12,16-17,25H2,1H3. The number of hydrogen-bond donors (Lipinski definition) is 1. The molecule has 0 bridgehead atoms. The highest BCUT2D eigenvalue weighted by molar-refractivity contribution is 7.99. The molecule has 0 aliphatic heterocycles. The van der Waals surface area contributed by atoms with Gasteiger partial charge in [-0.2, -0.15) is 0 Å². The van der Waals surface area contributed by atoms with E-state index >= 15 is 0 Å². The number of nitrogens with two attached hydrogens (primary N) is 1. The number of methoxy groups -OCH3 is 1. The van der Waals surface area contributed by atoms with Crippen LogP contribution < -0.4 is 15.3 Å². The SMILES string of the molecule is COc1cccc(OCc2nnc(SCC(=O)N(C3CCCCC3)C3CCCCC3)n2N)c1. The second kappa shape index (κ2) is 11.6. The average Bonchev–Trinajstić information content (AvgIpc) is 3.22. The van der Waals surface area contributed by atoms with Crippen LogP contribution in [0.15, 0.2) is 29.4 Å². The van der Waals surface area contributed by atoms with Gasteiger partial charge < -0.3 is 20.2 Å². The molecule has 0 radical (unpaired) electrons. The number of aromatic nitrogens is 3. The number of rotatable bonds is 9. The van der Waals surface area contributed by atoms with Crippen molar-refractivity contribution in [2.45, 2.75) is 88.1 Å². The van der Waals surface area contributed by atoms with E-state index in [0.29, 0.717) is 34.6 Å². The van der Waals surface area contributed by atoms with Gasteiger partial charge in [0, 0.05) is 18.2 Å². The lowest BCUT2D eigenvalue weighted by Gasteiger charge is -2.41. The molecule has 2 saturated carbocycles. The Bertz CT molecular complexity index is 891. The number of nitrogen functional groups attached to an aromatic ring is 1. The minimum absolute atomic E-state index is 0.182. The first-order valence-electron chi connectivity index (χ1n) is 12.1. The van der Waals surface area contributed by atoms with Crippen LogP contribution in [0, 0.1) is 0 Å². The monoisotopic (exact) mass is 473 g/mol. The number of carbonyl (C=O) groups is 1. The largest absolute Gasteiger partial charge is 0.497 e. The quantitative estimate of drug-likeness (QED) is 0.431. The van der Waals surface area contributed by atoms with Gasteiger partial charge in [-0.3, -0.25) is 4.79 Å². The molecule has 1 amide bonds. The lowest BCUT2D eigenvalue weighted by molar-refractivity contribution is -0.135. The van der Waals surface area contributed by atoms with Crippen LogP contribution in [-0.2, 0) is 11.4 Å². The molecular formula is C24H35N5O3S. The molecule has 1 heterocycles. The van der Waals surface area contributed by atoms with E-state index in [4.69, 9.17) is 15.3 Å². The maximum Gasteiger partial charge on any atom is 0.233 e. The molecule has 8 nitrogen and oxygen atoms in total. The highest BCUT2D eigenvalue weighted by Gasteiger charge is 2.32. The normalized spacial score (nSPS) is 17.6. The second-order valence-electron chi connectivity index (χ2n) is 8.91. The van der Waals surface area contributed by atoms with Crippen molar-refractivity contribution in [3.63, 3.8) is 0 Å². The fourth-order valence-electron chi connectivity index (χ4n) is 4.97. The summed E-state index contributed by atoms with van der Waals surface area (Å²) in [5, 5.41) is 8.88. The number of carbonyl (C=O) groups excluding carboxylic acids is 1. The van der Waals surface area contributed by atoms with Crippen LogP contribution in [0.3, 0.4) is 0 Å². The highest BCUT2D eigenvalue weighted by Crippen LogP contribution is 2.31. The molecule has 2 aromatic rings. The molecule has 4 rings (SSSR count). The lowest BCUT2D eigenvalue weighted by atomic mass is 9.88. The summed E-state index contributed by atoms with van der Waals surface area (Å²) in [6.45, 7) is 0.182. The minimum atomic E-state index is 0.182. The van der Waals surface area contributed by atoms with Crippen molar-refractivity contribution in [2.24, 2.45) is 0 Å². The summed E-state index contributed by atoms with van der Waals surface area (Å²) in [4.78, 5) is 15.6. The molecule has 2 aliphatic rings. The molecule has 0 spiro atoms. The third-order valence-corrected chi connectivity index (χ3v) is 7.62. The Balaban J connectivity index is 1.36. The van der Waals surface area contributed by atoms with Crippen molar-refractivity contribution in [1.82, 2.24) is 19.8 Å². The van der Waals surface area contributed by atoms with Gasteiger partial charge in [0.25, 0.3) is 0 Å². The maximum atomic E-state index is 13.4. The molecule has 180 valence electrons. The first kappa shape index (κ1) is 23.7. The van der Waals surface area contributed by atoms with E-state index in [1.807, 2.05) is 18.2 Å². The lowest BCUT2D eigenvalue weighted by Crippen LogP contribution is -2.49. The minimum Gasteiger partial charge on any atom is -0.497 e. The summed E-state index contributed by atoms with van der Waals surface area (Å²) in [6.07, 6.45) is 12.0. The number of benzene rings is 1. The third kappa shape index (κ3) is 6.13. The Morgan fingerprint density at radius 2 is 1.70 bits per heavy atom. The molecule has 1 aromatic carbocycles. The molecule has 9 heteroatoms. The van der Waals surface area contributed by atoms with Gasteiger partial charge in [0.15, 0.2) is 5.82 Å². The average molecular weight is 474 g/mol. The molecule has 2 N–H and O–H groups in total. The van der Waals surface area contributed by atoms with Crippen molar-refractivity contribution in [3.05, 3.63) is 30.1 Å². The van der Waals surface area contributed by atoms with Crippen LogP contribution in [0.4, 0.5) is 0 Å². The Morgan fingerprint density at radius 1 is 1.06 bits per heavy atom. The first-order valence-corrected chi connectivity index (χ1v) is 13.0. The van der Waals surface area contributed by atoms with Crippen LogP contribution in [-0.4, -0.2) is 50.6 Å². The second-order valence-corrected chi connectivity index (χ2v) is 9.85. The van der Waals surface area contributed by atoms with Gasteiger partial charge in [0.05, 0.1) is 12.9 Å². The summed E-state index contributed by atoms with van der Waals surface area (Å²) in [7, 11) is 1.62. The maximum absolute atomic E-state index is 13.4. The highest BCUT2D eigenvalue weighted by atomic mass is 32.2. The van der Waals surface area contributed by atoms with Crippen LogP contribution in [0.1, 0.15) is 70.0 Å². The fraction of sp³-hybridized carbons (Fsp3) is 0.625. The molecular weight excluding hydrogens is 438 g/mol. The molecule has 0 atom stereocenters. The van der Waals surface area contributed by atoms with Gasteiger partial charge >= 0.3 is 0 Å². The Kier molecular flexibility index (Phi) is 8.36. The Hall–Kier alpha value is -2.42. The van der Waals surface area contributed by atoms with Crippen molar-refractivity contribution in [1.29, 1.82) is 0 Å². The van der Waals surface area contributed by atoms with Crippen LogP contribution >= 0.6 is 11.8 Å². The summed E-state index contributed by atoms with van der Waals surface area (Å²) in [5.41, 5.74) is 0. The summed E-state index contributed by atoms with van der Waals surface area (Å²) < 4.78 is 12.4. The fourth-order valence-corrected chi connectivity index (χ4v) is 5.71. The predicted molar refractivity (Wildman–Crippen MR) is 129 cm³/mol. The smallest absolute Gasteiger partial charge is 0.233 e. The number of nitrogens with zero attached hydrogens (tertiary/aromatic N) is 4. The summed E-state index contributed by atoms with van der Waals surface area (Å²) in [6, 6.07) is 8.14. The Morgan fingerprint density at radius 3 is 2.33 bits per heavy atom. The number of ether oxygens (including phenoxy) is 2. The van der Waals surface area contributed by atoms with Gasteiger partial charge in [0.2, 0.25) is 11.1 Å². The third-order valence-electron chi connectivity index (χ3n) is 6.69. The number of hydrogen-bond acceptors (Lipinski definition) is 7. The number of thioether (sulfide) groups is 1. The van der Waals surface area contributed by atoms with Crippen molar-refractivity contribution in [2.75, 3.05) is 18.7 Å². The molecule has 2 fully saturated rings. The molecule has 0 unspecified atom stereocenters. The molecule has 2 aliphatic carbocycles. The zero-order valence-electron chi connectivity index (χ0n) is 19.4. The molecule has 1 aromatic heterocycles. The topological polar surface area (TPSA) is 95.5 Å². The summed E-state index contributed by atoms with van der Waals surface area (Å²) >= 11 is 1.36. The van der Waals surface area contributed by atoms with Crippen molar-refractivity contribution < 1.29 is 14.3 Å². The first-order chi connectivity index (χ1) is 16.2. The van der Waals surface area contributed by atoms with Gasteiger partial charge in [-0.05, 0) is 37.8 Å². The van der Waals surface area contributed by atoms with Gasteiger partial charge in [-0.1, -0.05) is 56.4 Å². The van der Waals surface area contributed by atoms with E-state index in [1.54, 1.807) is 13.2 Å². The summed E-state index contributed by atoms with van der Waals surface area (Å²) in [5.74, 6) is 8.64. The van der Waals surface area contributed by atoms with Crippen molar-refractivity contribution in [3.8, 4) is 11.5 Å². The van der Waals surface area contributed by atoms with E-state index in [0.717, 1.165) is 31.4 Å². The van der Waals surface area contributed by atoms with Crippen LogP contribution in [0.25, 0.3) is 0 Å². The van der Waals surface area contributed by atoms with Gasteiger partial charge in [0.1, 0.15) is 18.1 Å². The van der Waals surface area contributed by atoms with Gasteiger partial charge in [-0.25, -0.2) is 4.68 Å². The van der Waals surface area contributed by atoms with E-state index < -0.39 is 0 Å². The Labute approximate surface area is 200 Å². The predicted octanol–water partition coefficient (Wildman–Crippen LogP) is 4.17.